The predicted octanol–water partition coefficient (Wildman–Crippen LogP) is 3.83. The van der Waals surface area contributed by atoms with Crippen molar-refractivity contribution in [1.29, 1.82) is 0 Å². The molecule has 1 atom stereocenters. The fourth-order valence-electron chi connectivity index (χ4n) is 4.19. The Bertz CT molecular complexity index is 590. The topological polar surface area (TPSA) is 42.0 Å². The highest BCUT2D eigenvalue weighted by Gasteiger charge is 2.28. The quantitative estimate of drug-likeness (QED) is 0.603. The van der Waals surface area contributed by atoms with Crippen LogP contribution in [-0.2, 0) is 4.74 Å². The summed E-state index contributed by atoms with van der Waals surface area (Å²) in [5.41, 5.74) is 0.744. The molecule has 0 N–H and O–H groups in total. The molecule has 1 unspecified atom stereocenters. The van der Waals surface area contributed by atoms with Gasteiger partial charge in [0.05, 0.1) is 13.2 Å². The van der Waals surface area contributed by atoms with E-state index in [-0.39, 0.29) is 5.91 Å². The first kappa shape index (κ1) is 21.1. The molecule has 28 heavy (non-hydrogen) atoms. The molecule has 2 heterocycles. The second-order valence-corrected chi connectivity index (χ2v) is 8.26. The minimum absolute atomic E-state index is 0.111. The second kappa shape index (κ2) is 10.8. The molecule has 0 bridgehead atoms. The Labute approximate surface area is 170 Å². The lowest BCUT2D eigenvalue weighted by Gasteiger charge is -2.37. The van der Waals surface area contributed by atoms with Gasteiger partial charge in [0.15, 0.2) is 0 Å². The van der Waals surface area contributed by atoms with E-state index in [1.807, 2.05) is 36.2 Å². The van der Waals surface area contributed by atoms with E-state index in [4.69, 9.17) is 9.47 Å². The lowest BCUT2D eigenvalue weighted by molar-refractivity contribution is 0.0625. The number of carbonyl (C=O) groups is 1. The minimum Gasteiger partial charge on any atom is -0.494 e. The van der Waals surface area contributed by atoms with E-state index < -0.39 is 0 Å². The van der Waals surface area contributed by atoms with Gasteiger partial charge in [-0.15, -0.1) is 0 Å². The van der Waals surface area contributed by atoms with Gasteiger partial charge in [-0.05, 0) is 55.9 Å². The number of carbonyl (C=O) groups excluding carboxylic acids is 1. The Balaban J connectivity index is 1.43. The van der Waals surface area contributed by atoms with Crippen molar-refractivity contribution < 1.29 is 14.3 Å². The summed E-state index contributed by atoms with van der Waals surface area (Å²) in [5.74, 6) is 1.65. The van der Waals surface area contributed by atoms with Gasteiger partial charge < -0.3 is 19.3 Å². The first-order chi connectivity index (χ1) is 13.7. The van der Waals surface area contributed by atoms with Crippen molar-refractivity contribution in [1.82, 2.24) is 9.80 Å². The fraction of sp³-hybridized carbons (Fsp3) is 0.696. The summed E-state index contributed by atoms with van der Waals surface area (Å²) in [5, 5.41) is 0. The van der Waals surface area contributed by atoms with Crippen LogP contribution in [0.15, 0.2) is 24.3 Å². The Kier molecular flexibility index (Phi) is 8.16. The summed E-state index contributed by atoms with van der Waals surface area (Å²) in [6.07, 6.45) is 6.75. The molecule has 2 saturated heterocycles. The average molecular weight is 389 g/mol. The Morgan fingerprint density at radius 1 is 1.18 bits per heavy atom. The van der Waals surface area contributed by atoms with Crippen LogP contribution in [0, 0.1) is 5.92 Å². The molecule has 156 valence electrons. The van der Waals surface area contributed by atoms with Crippen LogP contribution in [0.2, 0.25) is 0 Å². The number of likely N-dealkylation sites (tertiary alicyclic amines) is 1. The number of ether oxygens (including phenoxy) is 2. The molecule has 0 spiro atoms. The number of piperidine rings is 1. The Morgan fingerprint density at radius 3 is 2.57 bits per heavy atom. The number of benzene rings is 1. The molecule has 5 nitrogen and oxygen atoms in total. The van der Waals surface area contributed by atoms with Crippen molar-refractivity contribution in [3.8, 4) is 5.75 Å². The van der Waals surface area contributed by atoms with E-state index in [2.05, 4.69) is 11.8 Å². The van der Waals surface area contributed by atoms with Gasteiger partial charge in [0.25, 0.3) is 5.91 Å². The van der Waals surface area contributed by atoms with Crippen molar-refractivity contribution in [2.45, 2.75) is 51.5 Å². The molecule has 0 aromatic heterocycles. The van der Waals surface area contributed by atoms with Crippen LogP contribution in [0.25, 0.3) is 0 Å². The van der Waals surface area contributed by atoms with E-state index in [9.17, 15) is 4.79 Å². The van der Waals surface area contributed by atoms with Crippen molar-refractivity contribution in [2.75, 3.05) is 46.5 Å². The number of hydrogen-bond donors (Lipinski definition) is 0. The lowest BCUT2D eigenvalue weighted by atomic mass is 10.0. The molecule has 2 aliphatic rings. The molecule has 3 rings (SSSR count). The van der Waals surface area contributed by atoms with Crippen LogP contribution in [0.3, 0.4) is 0 Å². The maximum absolute atomic E-state index is 12.9. The van der Waals surface area contributed by atoms with Gasteiger partial charge in [-0.3, -0.25) is 4.79 Å². The first-order valence-electron chi connectivity index (χ1n) is 11.0. The van der Waals surface area contributed by atoms with E-state index in [1.165, 1.54) is 19.3 Å². The highest BCUT2D eigenvalue weighted by Crippen LogP contribution is 2.22. The fourth-order valence-corrected chi connectivity index (χ4v) is 4.19. The molecule has 0 radical (unpaired) electrons. The molecule has 2 aliphatic heterocycles. The molecule has 2 fully saturated rings. The molecule has 5 heteroatoms. The van der Waals surface area contributed by atoms with E-state index in [0.717, 1.165) is 70.0 Å². The third-order valence-electron chi connectivity index (χ3n) is 6.08. The second-order valence-electron chi connectivity index (χ2n) is 8.26. The van der Waals surface area contributed by atoms with Gasteiger partial charge in [0.2, 0.25) is 0 Å². The van der Waals surface area contributed by atoms with Gasteiger partial charge in [-0.2, -0.15) is 0 Å². The number of nitrogens with zero attached hydrogens (tertiary/aromatic N) is 2. The molecule has 1 aromatic rings. The van der Waals surface area contributed by atoms with Crippen LogP contribution >= 0.6 is 0 Å². The molecule has 0 aliphatic carbocycles. The normalized spacial score (nSPS) is 21.0. The van der Waals surface area contributed by atoms with Crippen molar-refractivity contribution >= 4 is 5.91 Å². The van der Waals surface area contributed by atoms with E-state index >= 15 is 0 Å². The zero-order chi connectivity index (χ0) is 19.8. The smallest absolute Gasteiger partial charge is 0.253 e. The summed E-state index contributed by atoms with van der Waals surface area (Å²) in [6, 6.07) is 7.94. The van der Waals surface area contributed by atoms with Crippen LogP contribution in [0.4, 0.5) is 0 Å². The zero-order valence-electron chi connectivity index (χ0n) is 17.6. The maximum Gasteiger partial charge on any atom is 0.253 e. The van der Waals surface area contributed by atoms with Gasteiger partial charge >= 0.3 is 0 Å². The molecular weight excluding hydrogens is 352 g/mol. The van der Waals surface area contributed by atoms with Gasteiger partial charge in [-0.1, -0.05) is 19.8 Å². The molecular formula is C23H36N2O3. The summed E-state index contributed by atoms with van der Waals surface area (Å²) in [6.45, 7) is 8.05. The predicted molar refractivity (Wildman–Crippen MR) is 112 cm³/mol. The number of hydrogen-bond acceptors (Lipinski definition) is 4. The Hall–Kier alpha value is -1.59. The SMILES string of the molecule is CCCCCOc1ccc(C(=O)N(C)C2CCN(CC3CCOC3)CC2)cc1. The third-order valence-corrected chi connectivity index (χ3v) is 6.08. The van der Waals surface area contributed by atoms with Crippen molar-refractivity contribution in [3.05, 3.63) is 29.8 Å². The summed E-state index contributed by atoms with van der Waals surface area (Å²) >= 11 is 0. The van der Waals surface area contributed by atoms with Crippen LogP contribution < -0.4 is 4.74 Å². The highest BCUT2D eigenvalue weighted by molar-refractivity contribution is 5.94. The van der Waals surface area contributed by atoms with Crippen LogP contribution in [-0.4, -0.2) is 68.3 Å². The van der Waals surface area contributed by atoms with Crippen molar-refractivity contribution in [3.63, 3.8) is 0 Å². The van der Waals surface area contributed by atoms with Gasteiger partial charge in [-0.25, -0.2) is 0 Å². The third kappa shape index (κ3) is 5.95. The van der Waals surface area contributed by atoms with Gasteiger partial charge in [0, 0.05) is 44.9 Å². The minimum atomic E-state index is 0.111. The zero-order valence-corrected chi connectivity index (χ0v) is 17.6. The summed E-state index contributed by atoms with van der Waals surface area (Å²) in [4.78, 5) is 17.3. The number of amides is 1. The number of rotatable bonds is 9. The lowest BCUT2D eigenvalue weighted by Crippen LogP contribution is -2.46. The molecule has 1 aromatic carbocycles. The van der Waals surface area contributed by atoms with E-state index in [1.54, 1.807) is 0 Å². The molecule has 0 saturated carbocycles. The maximum atomic E-state index is 12.9. The monoisotopic (exact) mass is 388 g/mol. The summed E-state index contributed by atoms with van der Waals surface area (Å²) < 4.78 is 11.2. The average Bonchev–Trinajstić information content (AvgIpc) is 3.24. The molecule has 1 amide bonds. The van der Waals surface area contributed by atoms with E-state index in [0.29, 0.717) is 12.0 Å². The van der Waals surface area contributed by atoms with Crippen LogP contribution in [0.5, 0.6) is 5.75 Å². The standard InChI is InChI=1S/C23H36N2O3/c1-3-4-5-15-28-22-8-6-20(7-9-22)23(26)24(2)21-10-13-25(14-11-21)17-19-12-16-27-18-19/h6-9,19,21H,3-5,10-18H2,1-2H3. The van der Waals surface area contributed by atoms with Gasteiger partial charge in [0.1, 0.15) is 5.75 Å². The summed E-state index contributed by atoms with van der Waals surface area (Å²) in [7, 11) is 1.95. The van der Waals surface area contributed by atoms with Crippen LogP contribution in [0.1, 0.15) is 55.8 Å². The Morgan fingerprint density at radius 2 is 1.93 bits per heavy atom. The largest absolute Gasteiger partial charge is 0.494 e. The first-order valence-corrected chi connectivity index (χ1v) is 11.0. The van der Waals surface area contributed by atoms with Crippen molar-refractivity contribution in [2.24, 2.45) is 5.92 Å². The highest BCUT2D eigenvalue weighted by atomic mass is 16.5. The number of unbranched alkanes of at least 4 members (excludes halogenated alkanes) is 2.